The SMILES string of the molecule is Cc1ccc(C(C)(O)C2=CCCCO2)cc1F. The van der Waals surface area contributed by atoms with Crippen LogP contribution >= 0.6 is 0 Å². The molecule has 1 unspecified atom stereocenters. The zero-order chi connectivity index (χ0) is 12.5. The van der Waals surface area contributed by atoms with E-state index in [0.29, 0.717) is 23.5 Å². The van der Waals surface area contributed by atoms with E-state index in [-0.39, 0.29) is 5.82 Å². The lowest BCUT2D eigenvalue weighted by molar-refractivity contribution is 0.0148. The van der Waals surface area contributed by atoms with Gasteiger partial charge in [-0.25, -0.2) is 4.39 Å². The summed E-state index contributed by atoms with van der Waals surface area (Å²) in [6.45, 7) is 3.94. The second-order valence-corrected chi connectivity index (χ2v) is 4.60. The molecule has 0 aliphatic carbocycles. The fraction of sp³-hybridized carbons (Fsp3) is 0.429. The Morgan fingerprint density at radius 1 is 1.41 bits per heavy atom. The molecule has 0 spiro atoms. The summed E-state index contributed by atoms with van der Waals surface area (Å²) in [6, 6.07) is 4.77. The molecule has 1 atom stereocenters. The molecule has 2 rings (SSSR count). The second-order valence-electron chi connectivity index (χ2n) is 4.60. The summed E-state index contributed by atoms with van der Waals surface area (Å²) in [5.41, 5.74) is -0.161. The van der Waals surface area contributed by atoms with Crippen LogP contribution in [-0.4, -0.2) is 11.7 Å². The van der Waals surface area contributed by atoms with Crippen LogP contribution in [-0.2, 0) is 10.3 Å². The van der Waals surface area contributed by atoms with Gasteiger partial charge in [0.1, 0.15) is 17.2 Å². The van der Waals surface area contributed by atoms with Gasteiger partial charge >= 0.3 is 0 Å². The Balaban J connectivity index is 2.36. The predicted octanol–water partition coefficient (Wildman–Crippen LogP) is 3.04. The highest BCUT2D eigenvalue weighted by Gasteiger charge is 2.31. The second kappa shape index (κ2) is 4.49. The number of aryl methyl sites for hydroxylation is 1. The van der Waals surface area contributed by atoms with Crippen LogP contribution in [0.1, 0.15) is 30.9 Å². The highest BCUT2D eigenvalue weighted by Crippen LogP contribution is 2.32. The largest absolute Gasteiger partial charge is 0.495 e. The van der Waals surface area contributed by atoms with Crippen molar-refractivity contribution < 1.29 is 14.2 Å². The highest BCUT2D eigenvalue weighted by molar-refractivity contribution is 5.33. The third-order valence-electron chi connectivity index (χ3n) is 3.15. The summed E-state index contributed by atoms with van der Waals surface area (Å²) in [4.78, 5) is 0. The van der Waals surface area contributed by atoms with E-state index in [2.05, 4.69) is 0 Å². The standard InChI is InChI=1S/C14H17FO2/c1-10-6-7-11(9-12(10)15)14(2,16)13-5-3-4-8-17-13/h5-7,9,16H,3-4,8H2,1-2H3. The van der Waals surface area contributed by atoms with Crippen molar-refractivity contribution in [3.63, 3.8) is 0 Å². The fourth-order valence-corrected chi connectivity index (χ4v) is 1.93. The van der Waals surface area contributed by atoms with Gasteiger partial charge in [0, 0.05) is 0 Å². The smallest absolute Gasteiger partial charge is 0.143 e. The number of halogens is 1. The molecule has 0 fully saturated rings. The summed E-state index contributed by atoms with van der Waals surface area (Å²) in [5, 5.41) is 10.5. The summed E-state index contributed by atoms with van der Waals surface area (Å²) in [7, 11) is 0. The number of aliphatic hydroxyl groups is 1. The number of allylic oxidation sites excluding steroid dienone is 1. The Labute approximate surface area is 101 Å². The summed E-state index contributed by atoms with van der Waals surface area (Å²) in [6.07, 6.45) is 3.73. The molecule has 0 saturated heterocycles. The Hall–Kier alpha value is -1.35. The molecule has 1 N–H and O–H groups in total. The maximum Gasteiger partial charge on any atom is 0.143 e. The summed E-state index contributed by atoms with van der Waals surface area (Å²) >= 11 is 0. The number of ether oxygens (including phenoxy) is 1. The van der Waals surface area contributed by atoms with Gasteiger partial charge in [-0.3, -0.25) is 0 Å². The lowest BCUT2D eigenvalue weighted by Crippen LogP contribution is -2.27. The molecular weight excluding hydrogens is 219 g/mol. The van der Waals surface area contributed by atoms with Crippen LogP contribution in [0.25, 0.3) is 0 Å². The van der Waals surface area contributed by atoms with E-state index in [0.717, 1.165) is 12.8 Å². The lowest BCUT2D eigenvalue weighted by Gasteiger charge is -2.29. The minimum Gasteiger partial charge on any atom is -0.495 e. The maximum absolute atomic E-state index is 13.5. The average Bonchev–Trinajstić information content (AvgIpc) is 2.33. The minimum atomic E-state index is -1.26. The zero-order valence-corrected chi connectivity index (χ0v) is 10.2. The van der Waals surface area contributed by atoms with Crippen LogP contribution < -0.4 is 0 Å². The van der Waals surface area contributed by atoms with E-state index in [1.165, 1.54) is 6.07 Å². The molecule has 2 nitrogen and oxygen atoms in total. The van der Waals surface area contributed by atoms with Gasteiger partial charge in [0.2, 0.25) is 0 Å². The van der Waals surface area contributed by atoms with Crippen molar-refractivity contribution in [3.8, 4) is 0 Å². The monoisotopic (exact) mass is 236 g/mol. The van der Waals surface area contributed by atoms with E-state index < -0.39 is 5.60 Å². The van der Waals surface area contributed by atoms with Gasteiger partial charge in [-0.1, -0.05) is 12.1 Å². The van der Waals surface area contributed by atoms with Crippen LogP contribution in [0.15, 0.2) is 30.0 Å². The molecule has 1 aromatic rings. The van der Waals surface area contributed by atoms with Crippen molar-refractivity contribution in [2.75, 3.05) is 6.61 Å². The van der Waals surface area contributed by atoms with E-state index in [1.807, 2.05) is 6.08 Å². The van der Waals surface area contributed by atoms with Gasteiger partial charge in [-0.15, -0.1) is 0 Å². The van der Waals surface area contributed by atoms with Gasteiger partial charge in [0.05, 0.1) is 6.61 Å². The molecule has 1 heterocycles. The van der Waals surface area contributed by atoms with Gasteiger partial charge in [-0.2, -0.15) is 0 Å². The first-order valence-corrected chi connectivity index (χ1v) is 5.84. The number of benzene rings is 1. The first-order chi connectivity index (χ1) is 8.01. The Bertz CT molecular complexity index is 450. The van der Waals surface area contributed by atoms with E-state index in [9.17, 15) is 9.50 Å². The van der Waals surface area contributed by atoms with Crippen molar-refractivity contribution in [1.82, 2.24) is 0 Å². The molecule has 17 heavy (non-hydrogen) atoms. The third-order valence-corrected chi connectivity index (χ3v) is 3.15. The fourth-order valence-electron chi connectivity index (χ4n) is 1.93. The highest BCUT2D eigenvalue weighted by atomic mass is 19.1. The van der Waals surface area contributed by atoms with Gasteiger partial charge in [0.15, 0.2) is 0 Å². The van der Waals surface area contributed by atoms with Crippen LogP contribution in [0.5, 0.6) is 0 Å². The number of rotatable bonds is 2. The van der Waals surface area contributed by atoms with Gasteiger partial charge in [-0.05, 0) is 50.0 Å². The molecule has 1 aromatic carbocycles. The van der Waals surface area contributed by atoms with Gasteiger partial charge in [0.25, 0.3) is 0 Å². The topological polar surface area (TPSA) is 29.5 Å². The van der Waals surface area contributed by atoms with E-state index >= 15 is 0 Å². The predicted molar refractivity (Wildman–Crippen MR) is 64.0 cm³/mol. The number of hydrogen-bond acceptors (Lipinski definition) is 2. The quantitative estimate of drug-likeness (QED) is 0.855. The molecule has 1 aliphatic rings. The molecule has 0 aromatic heterocycles. The average molecular weight is 236 g/mol. The minimum absolute atomic E-state index is 0.306. The molecule has 0 radical (unpaired) electrons. The van der Waals surface area contributed by atoms with Crippen LogP contribution in [0, 0.1) is 12.7 Å². The molecule has 3 heteroatoms. The van der Waals surface area contributed by atoms with Crippen molar-refractivity contribution in [2.24, 2.45) is 0 Å². The summed E-state index contributed by atoms with van der Waals surface area (Å²) < 4.78 is 19.0. The molecule has 0 amide bonds. The number of hydrogen-bond donors (Lipinski definition) is 1. The summed E-state index contributed by atoms with van der Waals surface area (Å²) in [5.74, 6) is 0.214. The maximum atomic E-state index is 13.5. The van der Waals surface area contributed by atoms with Crippen molar-refractivity contribution in [3.05, 3.63) is 47.0 Å². The Morgan fingerprint density at radius 3 is 2.76 bits per heavy atom. The third kappa shape index (κ3) is 2.34. The van der Waals surface area contributed by atoms with Crippen LogP contribution in [0.3, 0.4) is 0 Å². The van der Waals surface area contributed by atoms with Crippen LogP contribution in [0.2, 0.25) is 0 Å². The van der Waals surface area contributed by atoms with E-state index in [4.69, 9.17) is 4.74 Å². The molecule has 0 bridgehead atoms. The first-order valence-electron chi connectivity index (χ1n) is 5.84. The normalized spacial score (nSPS) is 19.2. The Morgan fingerprint density at radius 2 is 2.18 bits per heavy atom. The Kier molecular flexibility index (Phi) is 3.20. The van der Waals surface area contributed by atoms with Crippen molar-refractivity contribution >= 4 is 0 Å². The molecule has 1 aliphatic heterocycles. The van der Waals surface area contributed by atoms with Crippen LogP contribution in [0.4, 0.5) is 4.39 Å². The lowest BCUT2D eigenvalue weighted by atomic mass is 9.91. The van der Waals surface area contributed by atoms with Crippen molar-refractivity contribution in [1.29, 1.82) is 0 Å². The molecule has 92 valence electrons. The molecular formula is C14H17FO2. The van der Waals surface area contributed by atoms with Crippen molar-refractivity contribution in [2.45, 2.75) is 32.3 Å². The first kappa shape index (κ1) is 12.1. The van der Waals surface area contributed by atoms with E-state index in [1.54, 1.807) is 26.0 Å². The zero-order valence-electron chi connectivity index (χ0n) is 10.2. The molecule has 0 saturated carbocycles. The van der Waals surface area contributed by atoms with Gasteiger partial charge < -0.3 is 9.84 Å².